The van der Waals surface area contributed by atoms with Crippen molar-refractivity contribution in [2.24, 2.45) is 0 Å². The van der Waals surface area contributed by atoms with Crippen LogP contribution < -0.4 is 10.6 Å². The van der Waals surface area contributed by atoms with Gasteiger partial charge in [0.2, 0.25) is 11.9 Å². The van der Waals surface area contributed by atoms with Gasteiger partial charge in [0, 0.05) is 13.1 Å². The fourth-order valence-electron chi connectivity index (χ4n) is 1.84. The van der Waals surface area contributed by atoms with Crippen molar-refractivity contribution < 1.29 is 4.74 Å². The summed E-state index contributed by atoms with van der Waals surface area (Å²) in [6.07, 6.45) is 0. The number of rotatable bonds is 2. The van der Waals surface area contributed by atoms with E-state index in [1.54, 1.807) is 0 Å². The number of nitrogens with zero attached hydrogens (tertiary/aromatic N) is 4. The van der Waals surface area contributed by atoms with Gasteiger partial charge >= 0.3 is 0 Å². The lowest BCUT2D eigenvalue weighted by Gasteiger charge is -2.26. The molecule has 3 heterocycles. The van der Waals surface area contributed by atoms with Crippen LogP contribution in [-0.2, 0) is 4.74 Å². The maximum absolute atomic E-state index is 6.10. The van der Waals surface area contributed by atoms with Gasteiger partial charge in [-0.05, 0) is 11.4 Å². The molecular weight excluding hydrogens is 286 g/mol. The smallest absolute Gasteiger partial charge is 0.230 e. The molecule has 0 radical (unpaired) electrons. The first-order valence-corrected chi connectivity index (χ1v) is 7.07. The Hall–Kier alpha value is -1.44. The number of halogens is 1. The average Bonchev–Trinajstić information content (AvgIpc) is 2.85. The van der Waals surface area contributed by atoms with E-state index in [1.807, 2.05) is 16.3 Å². The van der Waals surface area contributed by atoms with Crippen LogP contribution in [0.15, 0.2) is 11.4 Å². The quantitative estimate of drug-likeness (QED) is 0.908. The minimum atomic E-state index is 0.205. The van der Waals surface area contributed by atoms with Gasteiger partial charge in [0.1, 0.15) is 0 Å². The molecule has 0 atom stereocenters. The number of ether oxygens (including phenoxy) is 1. The molecule has 0 bridgehead atoms. The first kappa shape index (κ1) is 12.6. The van der Waals surface area contributed by atoms with Gasteiger partial charge in [-0.25, -0.2) is 0 Å². The molecule has 6 nitrogen and oxygen atoms in total. The van der Waals surface area contributed by atoms with Crippen LogP contribution >= 0.6 is 22.9 Å². The third-order valence-electron chi connectivity index (χ3n) is 2.76. The molecule has 100 valence electrons. The fourth-order valence-corrected chi connectivity index (χ4v) is 2.91. The second-order valence-corrected chi connectivity index (χ2v) is 5.34. The molecule has 0 spiro atoms. The summed E-state index contributed by atoms with van der Waals surface area (Å²) in [7, 11) is 0. The van der Waals surface area contributed by atoms with E-state index in [1.165, 1.54) is 11.3 Å². The second kappa shape index (κ2) is 5.28. The van der Waals surface area contributed by atoms with E-state index in [9.17, 15) is 0 Å². The van der Waals surface area contributed by atoms with Crippen LogP contribution in [0.1, 0.15) is 0 Å². The maximum Gasteiger partial charge on any atom is 0.230 e. The zero-order valence-corrected chi connectivity index (χ0v) is 11.6. The Morgan fingerprint density at radius 2 is 2.05 bits per heavy atom. The van der Waals surface area contributed by atoms with Crippen LogP contribution in [-0.4, -0.2) is 41.3 Å². The van der Waals surface area contributed by atoms with Crippen LogP contribution in [0.25, 0.3) is 10.7 Å². The summed E-state index contributed by atoms with van der Waals surface area (Å²) in [5, 5.41) is 2.52. The highest BCUT2D eigenvalue weighted by atomic mass is 35.5. The average molecular weight is 298 g/mol. The molecule has 8 heteroatoms. The lowest BCUT2D eigenvalue weighted by atomic mass is 10.4. The van der Waals surface area contributed by atoms with Gasteiger partial charge in [-0.3, -0.25) is 0 Å². The molecule has 0 saturated carbocycles. The molecule has 0 aromatic carbocycles. The van der Waals surface area contributed by atoms with Crippen molar-refractivity contribution in [2.75, 3.05) is 36.9 Å². The molecule has 3 rings (SSSR count). The minimum Gasteiger partial charge on any atom is -0.378 e. The third-order valence-corrected chi connectivity index (χ3v) is 4.09. The minimum absolute atomic E-state index is 0.205. The second-order valence-electron chi connectivity index (χ2n) is 4.01. The number of nitrogens with two attached hydrogens (primary N) is 1. The molecule has 1 aliphatic heterocycles. The van der Waals surface area contributed by atoms with Crippen molar-refractivity contribution in [3.05, 3.63) is 16.5 Å². The van der Waals surface area contributed by atoms with Gasteiger partial charge in [0.25, 0.3) is 0 Å². The van der Waals surface area contributed by atoms with Crippen LogP contribution in [0.3, 0.4) is 0 Å². The highest BCUT2D eigenvalue weighted by molar-refractivity contribution is 7.14. The standard InChI is InChI=1S/C11H12ClN5OS/c12-7-1-6-19-8(7)9-14-10(13)16-11(15-9)17-2-4-18-5-3-17/h1,6H,2-5H2,(H2,13,14,15,16). The molecule has 1 saturated heterocycles. The van der Waals surface area contributed by atoms with Crippen molar-refractivity contribution in [1.29, 1.82) is 0 Å². The molecule has 2 aromatic heterocycles. The highest BCUT2D eigenvalue weighted by Gasteiger charge is 2.17. The molecule has 19 heavy (non-hydrogen) atoms. The SMILES string of the molecule is Nc1nc(-c2sccc2Cl)nc(N2CCOCC2)n1. The lowest BCUT2D eigenvalue weighted by Crippen LogP contribution is -2.37. The topological polar surface area (TPSA) is 77.2 Å². The first-order valence-electron chi connectivity index (χ1n) is 5.81. The summed E-state index contributed by atoms with van der Waals surface area (Å²) >= 11 is 7.58. The molecule has 0 aliphatic carbocycles. The number of hydrogen-bond acceptors (Lipinski definition) is 7. The Kier molecular flexibility index (Phi) is 3.50. The molecule has 2 aromatic rings. The molecule has 1 aliphatic rings. The number of nitrogen functional groups attached to an aromatic ring is 1. The molecular formula is C11H12ClN5OS. The van der Waals surface area contributed by atoms with E-state index in [4.69, 9.17) is 22.1 Å². The number of aromatic nitrogens is 3. The van der Waals surface area contributed by atoms with E-state index in [0.717, 1.165) is 18.0 Å². The van der Waals surface area contributed by atoms with Crippen LogP contribution in [0.5, 0.6) is 0 Å². The highest BCUT2D eigenvalue weighted by Crippen LogP contribution is 2.31. The summed E-state index contributed by atoms with van der Waals surface area (Å²) in [6, 6.07) is 1.82. The Morgan fingerprint density at radius 1 is 1.26 bits per heavy atom. The predicted octanol–water partition coefficient (Wildman–Crippen LogP) is 1.67. The lowest BCUT2D eigenvalue weighted by molar-refractivity contribution is 0.122. The molecule has 2 N–H and O–H groups in total. The molecule has 0 amide bonds. The zero-order valence-electron chi connectivity index (χ0n) is 10.0. The Balaban J connectivity index is 1.98. The Labute approximate surface area is 119 Å². The largest absolute Gasteiger partial charge is 0.378 e. The molecule has 1 fully saturated rings. The van der Waals surface area contributed by atoms with Crippen molar-refractivity contribution in [1.82, 2.24) is 15.0 Å². The van der Waals surface area contributed by atoms with Gasteiger partial charge in [-0.15, -0.1) is 11.3 Å². The number of anilines is 2. The van der Waals surface area contributed by atoms with Crippen molar-refractivity contribution in [2.45, 2.75) is 0 Å². The van der Waals surface area contributed by atoms with Gasteiger partial charge < -0.3 is 15.4 Å². The zero-order chi connectivity index (χ0) is 13.2. The van der Waals surface area contributed by atoms with Gasteiger partial charge in [-0.1, -0.05) is 11.6 Å². The molecule has 0 unspecified atom stereocenters. The summed E-state index contributed by atoms with van der Waals surface area (Å²) in [5.41, 5.74) is 5.76. The predicted molar refractivity (Wildman–Crippen MR) is 75.6 cm³/mol. The van der Waals surface area contributed by atoms with Crippen molar-refractivity contribution in [3.8, 4) is 10.7 Å². The van der Waals surface area contributed by atoms with Crippen LogP contribution in [0.2, 0.25) is 5.02 Å². The van der Waals surface area contributed by atoms with Crippen molar-refractivity contribution in [3.63, 3.8) is 0 Å². The van der Waals surface area contributed by atoms with E-state index in [-0.39, 0.29) is 5.95 Å². The fraction of sp³-hybridized carbons (Fsp3) is 0.364. The van der Waals surface area contributed by atoms with Crippen molar-refractivity contribution >= 4 is 34.8 Å². The van der Waals surface area contributed by atoms with Gasteiger partial charge in [-0.2, -0.15) is 15.0 Å². The van der Waals surface area contributed by atoms with E-state index < -0.39 is 0 Å². The number of thiophene rings is 1. The van der Waals surface area contributed by atoms with Gasteiger partial charge in [0.15, 0.2) is 5.82 Å². The van der Waals surface area contributed by atoms with Crippen LogP contribution in [0.4, 0.5) is 11.9 Å². The monoisotopic (exact) mass is 297 g/mol. The summed E-state index contributed by atoms with van der Waals surface area (Å²) in [6.45, 7) is 2.84. The summed E-state index contributed by atoms with van der Waals surface area (Å²) in [4.78, 5) is 15.6. The van der Waals surface area contributed by atoms with E-state index >= 15 is 0 Å². The Bertz CT molecular complexity index is 584. The van der Waals surface area contributed by atoms with E-state index in [0.29, 0.717) is 30.0 Å². The first-order chi connectivity index (χ1) is 9.24. The van der Waals surface area contributed by atoms with E-state index in [2.05, 4.69) is 15.0 Å². The van der Waals surface area contributed by atoms with Crippen LogP contribution in [0, 0.1) is 0 Å². The maximum atomic E-state index is 6.10. The number of hydrogen-bond donors (Lipinski definition) is 1. The number of morpholine rings is 1. The summed E-state index contributed by atoms with van der Waals surface area (Å²) in [5.74, 6) is 1.31. The normalized spacial score (nSPS) is 15.7. The Morgan fingerprint density at radius 3 is 2.74 bits per heavy atom. The third kappa shape index (κ3) is 2.63. The van der Waals surface area contributed by atoms with Gasteiger partial charge in [0.05, 0.1) is 23.1 Å². The summed E-state index contributed by atoms with van der Waals surface area (Å²) < 4.78 is 5.31.